The minimum absolute atomic E-state index is 0.452. The SMILES string of the molecule is c1ccc(C2(c3ccccc3)Nc3cn[nH]c3N2)cc1. The van der Waals surface area contributed by atoms with Crippen molar-refractivity contribution in [1.29, 1.82) is 0 Å². The largest absolute Gasteiger partial charge is 0.351 e. The molecule has 4 nitrogen and oxygen atoms in total. The summed E-state index contributed by atoms with van der Waals surface area (Å²) >= 11 is 0. The number of rotatable bonds is 2. The first-order chi connectivity index (χ1) is 9.88. The summed E-state index contributed by atoms with van der Waals surface area (Å²) in [6.07, 6.45) is 1.80. The van der Waals surface area contributed by atoms with Crippen molar-refractivity contribution in [3.05, 3.63) is 78.0 Å². The molecule has 0 spiro atoms. The van der Waals surface area contributed by atoms with Crippen LogP contribution in [0.2, 0.25) is 0 Å². The molecular formula is C16H14N4. The van der Waals surface area contributed by atoms with E-state index in [1.54, 1.807) is 6.20 Å². The third-order valence-electron chi connectivity index (χ3n) is 3.69. The highest BCUT2D eigenvalue weighted by molar-refractivity contribution is 5.75. The Bertz CT molecular complexity index is 657. The lowest BCUT2D eigenvalue weighted by molar-refractivity contribution is 0.697. The van der Waals surface area contributed by atoms with Crippen molar-refractivity contribution < 1.29 is 0 Å². The van der Waals surface area contributed by atoms with Gasteiger partial charge in [-0.3, -0.25) is 5.10 Å². The Balaban J connectivity index is 1.89. The number of hydrogen-bond acceptors (Lipinski definition) is 3. The highest BCUT2D eigenvalue weighted by Crippen LogP contribution is 2.42. The number of benzene rings is 2. The number of nitrogens with one attached hydrogen (secondary N) is 3. The van der Waals surface area contributed by atoms with Crippen LogP contribution in [0.1, 0.15) is 11.1 Å². The van der Waals surface area contributed by atoms with E-state index in [1.165, 1.54) is 0 Å². The minimum Gasteiger partial charge on any atom is -0.351 e. The third kappa shape index (κ3) is 1.51. The summed E-state index contributed by atoms with van der Waals surface area (Å²) in [6.45, 7) is 0. The van der Waals surface area contributed by atoms with Crippen LogP contribution >= 0.6 is 0 Å². The van der Waals surface area contributed by atoms with Gasteiger partial charge in [0.2, 0.25) is 0 Å². The van der Waals surface area contributed by atoms with E-state index in [9.17, 15) is 0 Å². The first kappa shape index (κ1) is 11.1. The van der Waals surface area contributed by atoms with Gasteiger partial charge in [0.1, 0.15) is 5.82 Å². The molecule has 3 aromatic rings. The number of hydrogen-bond donors (Lipinski definition) is 3. The summed E-state index contributed by atoms with van der Waals surface area (Å²) in [6, 6.07) is 20.7. The molecule has 2 aromatic carbocycles. The molecule has 20 heavy (non-hydrogen) atoms. The molecule has 0 bridgehead atoms. The summed E-state index contributed by atoms with van der Waals surface area (Å²) in [7, 11) is 0. The molecule has 1 aliphatic heterocycles. The van der Waals surface area contributed by atoms with Crippen LogP contribution in [0.4, 0.5) is 11.5 Å². The highest BCUT2D eigenvalue weighted by atomic mass is 15.3. The smallest absolute Gasteiger partial charge is 0.162 e. The van der Waals surface area contributed by atoms with E-state index in [2.05, 4.69) is 45.1 Å². The van der Waals surface area contributed by atoms with Gasteiger partial charge >= 0.3 is 0 Å². The summed E-state index contributed by atoms with van der Waals surface area (Å²) in [5.41, 5.74) is 2.86. The number of fused-ring (bicyclic) bond motifs is 1. The van der Waals surface area contributed by atoms with Crippen LogP contribution in [0, 0.1) is 0 Å². The van der Waals surface area contributed by atoms with E-state index >= 15 is 0 Å². The molecule has 2 heterocycles. The maximum Gasteiger partial charge on any atom is 0.162 e. The molecular weight excluding hydrogens is 248 g/mol. The monoisotopic (exact) mass is 262 g/mol. The maximum atomic E-state index is 4.05. The molecule has 0 saturated carbocycles. The van der Waals surface area contributed by atoms with E-state index in [0.717, 1.165) is 22.6 Å². The van der Waals surface area contributed by atoms with Crippen molar-refractivity contribution in [3.8, 4) is 0 Å². The molecule has 0 fully saturated rings. The number of aromatic nitrogens is 2. The summed E-state index contributed by atoms with van der Waals surface area (Å²) in [5, 5.41) is 14.1. The van der Waals surface area contributed by atoms with Gasteiger partial charge in [-0.05, 0) is 0 Å². The van der Waals surface area contributed by atoms with Crippen molar-refractivity contribution in [2.24, 2.45) is 0 Å². The second-order valence-electron chi connectivity index (χ2n) is 4.89. The van der Waals surface area contributed by atoms with Gasteiger partial charge in [-0.25, -0.2) is 0 Å². The zero-order valence-corrected chi connectivity index (χ0v) is 10.8. The van der Waals surface area contributed by atoms with Crippen LogP contribution in [-0.4, -0.2) is 10.2 Å². The van der Waals surface area contributed by atoms with Crippen molar-refractivity contribution in [1.82, 2.24) is 10.2 Å². The summed E-state index contributed by atoms with van der Waals surface area (Å²) in [5.74, 6) is 0.915. The van der Waals surface area contributed by atoms with Gasteiger partial charge in [-0.1, -0.05) is 60.7 Å². The van der Waals surface area contributed by atoms with E-state index < -0.39 is 5.66 Å². The fourth-order valence-corrected chi connectivity index (χ4v) is 2.73. The Labute approximate surface area is 116 Å². The highest BCUT2D eigenvalue weighted by Gasteiger charge is 2.40. The minimum atomic E-state index is -0.452. The zero-order chi connectivity index (χ0) is 13.4. The van der Waals surface area contributed by atoms with Gasteiger partial charge < -0.3 is 10.6 Å². The molecule has 3 N–H and O–H groups in total. The lowest BCUT2D eigenvalue weighted by atomic mass is 9.92. The van der Waals surface area contributed by atoms with Crippen LogP contribution in [0.15, 0.2) is 66.9 Å². The normalized spacial score (nSPS) is 15.2. The Kier molecular flexibility index (Phi) is 2.29. The molecule has 0 saturated heterocycles. The predicted molar refractivity (Wildman–Crippen MR) is 79.5 cm³/mol. The Morgan fingerprint density at radius 1 is 0.750 bits per heavy atom. The fraction of sp³-hybridized carbons (Fsp3) is 0.0625. The van der Waals surface area contributed by atoms with E-state index in [-0.39, 0.29) is 0 Å². The molecule has 0 radical (unpaired) electrons. The van der Waals surface area contributed by atoms with Gasteiger partial charge in [0.15, 0.2) is 5.66 Å². The molecule has 1 aromatic heterocycles. The molecule has 4 rings (SSSR count). The average molecular weight is 262 g/mol. The zero-order valence-electron chi connectivity index (χ0n) is 10.8. The summed E-state index contributed by atoms with van der Waals surface area (Å²) in [4.78, 5) is 0. The quantitative estimate of drug-likeness (QED) is 0.665. The van der Waals surface area contributed by atoms with Crippen LogP contribution in [0.5, 0.6) is 0 Å². The van der Waals surface area contributed by atoms with Gasteiger partial charge in [0.25, 0.3) is 0 Å². The fourth-order valence-electron chi connectivity index (χ4n) is 2.73. The van der Waals surface area contributed by atoms with E-state index in [1.807, 2.05) is 36.4 Å². The first-order valence-electron chi connectivity index (χ1n) is 6.59. The number of H-pyrrole nitrogens is 1. The molecule has 0 aliphatic carbocycles. The molecule has 0 amide bonds. The van der Waals surface area contributed by atoms with Crippen molar-refractivity contribution in [2.75, 3.05) is 10.6 Å². The van der Waals surface area contributed by atoms with E-state index in [0.29, 0.717) is 0 Å². The number of aromatic amines is 1. The van der Waals surface area contributed by atoms with Gasteiger partial charge in [0.05, 0.1) is 11.9 Å². The maximum absolute atomic E-state index is 4.05. The Morgan fingerprint density at radius 3 is 1.90 bits per heavy atom. The molecule has 1 aliphatic rings. The molecule has 0 atom stereocenters. The van der Waals surface area contributed by atoms with Crippen molar-refractivity contribution >= 4 is 11.5 Å². The van der Waals surface area contributed by atoms with Crippen LogP contribution in [-0.2, 0) is 5.66 Å². The Morgan fingerprint density at radius 2 is 1.35 bits per heavy atom. The van der Waals surface area contributed by atoms with E-state index in [4.69, 9.17) is 0 Å². The van der Waals surface area contributed by atoms with Crippen LogP contribution < -0.4 is 10.6 Å². The van der Waals surface area contributed by atoms with Gasteiger partial charge in [-0.15, -0.1) is 0 Å². The van der Waals surface area contributed by atoms with Gasteiger partial charge in [0, 0.05) is 11.1 Å². The Hall–Kier alpha value is -2.75. The molecule has 4 heteroatoms. The second-order valence-corrected chi connectivity index (χ2v) is 4.89. The molecule has 0 unspecified atom stereocenters. The summed E-state index contributed by atoms with van der Waals surface area (Å²) < 4.78 is 0. The first-order valence-corrected chi connectivity index (χ1v) is 6.59. The molecule has 98 valence electrons. The van der Waals surface area contributed by atoms with Crippen molar-refractivity contribution in [2.45, 2.75) is 5.66 Å². The topological polar surface area (TPSA) is 52.7 Å². The standard InChI is InChI=1S/C16H14N4/c1-3-7-12(8-4-1)16(13-9-5-2-6-10-13)18-14-11-17-20-15(14)19-16/h1-11,18H,(H2,17,19,20). The number of anilines is 2. The average Bonchev–Trinajstić information content (AvgIpc) is 3.09. The van der Waals surface area contributed by atoms with Gasteiger partial charge in [-0.2, -0.15) is 5.10 Å². The third-order valence-corrected chi connectivity index (χ3v) is 3.69. The number of nitrogens with zero attached hydrogens (tertiary/aromatic N) is 1. The predicted octanol–water partition coefficient (Wildman–Crippen LogP) is 3.15. The lowest BCUT2D eigenvalue weighted by Crippen LogP contribution is -2.40. The second kappa shape index (κ2) is 4.13. The van der Waals surface area contributed by atoms with Crippen molar-refractivity contribution in [3.63, 3.8) is 0 Å². The van der Waals surface area contributed by atoms with Crippen LogP contribution in [0.3, 0.4) is 0 Å². The lowest BCUT2D eigenvalue weighted by Gasteiger charge is -2.32. The van der Waals surface area contributed by atoms with Crippen LogP contribution in [0.25, 0.3) is 0 Å².